The first-order valence-corrected chi connectivity index (χ1v) is 8.40. The Morgan fingerprint density at radius 1 is 1.50 bits per heavy atom. The van der Waals surface area contributed by atoms with Crippen molar-refractivity contribution >= 4 is 23.5 Å². The minimum Gasteiger partial charge on any atom is -0.370 e. The number of amides is 1. The van der Waals surface area contributed by atoms with Crippen LogP contribution in [0.5, 0.6) is 0 Å². The highest BCUT2D eigenvalue weighted by Crippen LogP contribution is 2.20. The summed E-state index contributed by atoms with van der Waals surface area (Å²) in [5.41, 5.74) is 1.66. The zero-order valence-electron chi connectivity index (χ0n) is 12.4. The van der Waals surface area contributed by atoms with Gasteiger partial charge in [-0.1, -0.05) is 13.8 Å². The lowest BCUT2D eigenvalue weighted by Crippen LogP contribution is -2.34. The van der Waals surface area contributed by atoms with Crippen molar-refractivity contribution in [1.82, 2.24) is 10.3 Å². The Kier molecular flexibility index (Phi) is 5.29. The average Bonchev–Trinajstić information content (AvgIpc) is 2.91. The van der Waals surface area contributed by atoms with Crippen LogP contribution in [0.3, 0.4) is 0 Å². The Morgan fingerprint density at radius 3 is 2.90 bits per heavy atom. The molecule has 1 saturated heterocycles. The molecule has 0 bridgehead atoms. The topological polar surface area (TPSA) is 54.0 Å². The molecule has 0 saturated carbocycles. The van der Waals surface area contributed by atoms with E-state index in [2.05, 4.69) is 29.5 Å². The molecule has 1 atom stereocenters. The number of rotatable bonds is 5. The number of hydrogen-bond donors (Lipinski definition) is 2. The lowest BCUT2D eigenvalue weighted by molar-refractivity contribution is 0.0941. The summed E-state index contributed by atoms with van der Waals surface area (Å²) >= 11 is 1.90. The second kappa shape index (κ2) is 6.97. The molecule has 0 aliphatic carbocycles. The van der Waals surface area contributed by atoms with Gasteiger partial charge in [0.2, 0.25) is 0 Å². The predicted octanol–water partition coefficient (Wildman–Crippen LogP) is 2.87. The molecular formula is C15H23N3OS. The van der Waals surface area contributed by atoms with E-state index in [1.807, 2.05) is 30.8 Å². The highest BCUT2D eigenvalue weighted by molar-refractivity contribution is 7.99. The van der Waals surface area contributed by atoms with E-state index in [-0.39, 0.29) is 5.91 Å². The molecule has 2 heterocycles. The fourth-order valence-corrected chi connectivity index (χ4v) is 3.32. The first kappa shape index (κ1) is 15.2. The average molecular weight is 293 g/mol. The monoisotopic (exact) mass is 293 g/mol. The van der Waals surface area contributed by atoms with E-state index >= 15 is 0 Å². The summed E-state index contributed by atoms with van der Waals surface area (Å²) in [5, 5.41) is 6.31. The number of aromatic nitrogens is 1. The summed E-state index contributed by atoms with van der Waals surface area (Å²) < 4.78 is 0. The molecule has 4 nitrogen and oxygen atoms in total. The number of thioether (sulfide) groups is 1. The first-order valence-electron chi connectivity index (χ1n) is 7.24. The molecule has 2 N–H and O–H groups in total. The smallest absolute Gasteiger partial charge is 0.251 e. The van der Waals surface area contributed by atoms with E-state index < -0.39 is 0 Å². The molecule has 1 unspecified atom stereocenters. The quantitative estimate of drug-likeness (QED) is 0.876. The molecule has 1 amide bonds. The zero-order chi connectivity index (χ0) is 14.5. The van der Waals surface area contributed by atoms with Crippen LogP contribution in [-0.4, -0.2) is 35.0 Å². The lowest BCUT2D eigenvalue weighted by Gasteiger charge is -2.14. The number of anilines is 1. The summed E-state index contributed by atoms with van der Waals surface area (Å²) in [7, 11) is 0. The number of pyridine rings is 1. The molecule has 110 valence electrons. The zero-order valence-corrected chi connectivity index (χ0v) is 13.2. The summed E-state index contributed by atoms with van der Waals surface area (Å²) in [6, 6.07) is 4.06. The van der Waals surface area contributed by atoms with Gasteiger partial charge in [-0.05, 0) is 37.1 Å². The van der Waals surface area contributed by atoms with E-state index in [9.17, 15) is 4.79 Å². The Hall–Kier alpha value is -1.23. The molecule has 1 aromatic rings. The molecule has 2 rings (SSSR count). The minimum absolute atomic E-state index is 0.0148. The van der Waals surface area contributed by atoms with Crippen molar-refractivity contribution in [2.75, 3.05) is 23.4 Å². The predicted molar refractivity (Wildman–Crippen MR) is 85.7 cm³/mol. The van der Waals surface area contributed by atoms with Crippen LogP contribution in [0.25, 0.3) is 0 Å². The highest BCUT2D eigenvalue weighted by atomic mass is 32.2. The van der Waals surface area contributed by atoms with E-state index in [1.54, 1.807) is 0 Å². The number of nitrogens with one attached hydrogen (secondary N) is 2. The fraction of sp³-hybridized carbons (Fsp3) is 0.600. The van der Waals surface area contributed by atoms with Gasteiger partial charge >= 0.3 is 0 Å². The summed E-state index contributed by atoms with van der Waals surface area (Å²) in [5.74, 6) is 3.27. The molecule has 0 radical (unpaired) electrons. The van der Waals surface area contributed by atoms with Crippen molar-refractivity contribution in [1.29, 1.82) is 0 Å². The van der Waals surface area contributed by atoms with Gasteiger partial charge in [-0.2, -0.15) is 11.8 Å². The number of hydrogen-bond acceptors (Lipinski definition) is 4. The normalized spacial score (nSPS) is 18.3. The van der Waals surface area contributed by atoms with Gasteiger partial charge in [-0.15, -0.1) is 0 Å². The van der Waals surface area contributed by atoms with Crippen molar-refractivity contribution in [2.45, 2.75) is 39.2 Å². The lowest BCUT2D eigenvalue weighted by atomic mass is 10.1. The Balaban J connectivity index is 2.17. The van der Waals surface area contributed by atoms with Crippen LogP contribution in [0.2, 0.25) is 0 Å². The van der Waals surface area contributed by atoms with Gasteiger partial charge in [0.15, 0.2) is 0 Å². The Labute approximate surface area is 125 Å². The van der Waals surface area contributed by atoms with Gasteiger partial charge in [0.25, 0.3) is 5.91 Å². The Morgan fingerprint density at radius 2 is 2.30 bits per heavy atom. The summed E-state index contributed by atoms with van der Waals surface area (Å²) in [6.45, 7) is 7.01. The van der Waals surface area contributed by atoms with E-state index in [4.69, 9.17) is 0 Å². The Bertz CT molecular complexity index is 470. The van der Waals surface area contributed by atoms with Crippen LogP contribution in [-0.2, 0) is 0 Å². The third-order valence-corrected chi connectivity index (χ3v) is 4.48. The van der Waals surface area contributed by atoms with Crippen molar-refractivity contribution in [2.24, 2.45) is 0 Å². The van der Waals surface area contributed by atoms with Gasteiger partial charge in [0.1, 0.15) is 5.82 Å². The maximum absolute atomic E-state index is 12.4. The van der Waals surface area contributed by atoms with Crippen molar-refractivity contribution < 1.29 is 4.79 Å². The number of carbonyl (C=O) groups is 1. The van der Waals surface area contributed by atoms with E-state index in [0.717, 1.165) is 36.0 Å². The highest BCUT2D eigenvalue weighted by Gasteiger charge is 2.19. The van der Waals surface area contributed by atoms with Crippen molar-refractivity contribution in [3.63, 3.8) is 0 Å². The molecule has 5 heteroatoms. The van der Waals surface area contributed by atoms with Crippen molar-refractivity contribution in [3.05, 3.63) is 23.4 Å². The van der Waals surface area contributed by atoms with Crippen molar-refractivity contribution in [3.8, 4) is 0 Å². The maximum atomic E-state index is 12.4. The summed E-state index contributed by atoms with van der Waals surface area (Å²) in [6.07, 6.45) is 1.07. The fourth-order valence-electron chi connectivity index (χ4n) is 2.17. The van der Waals surface area contributed by atoms with Gasteiger partial charge < -0.3 is 10.6 Å². The van der Waals surface area contributed by atoms with Gasteiger partial charge in [-0.25, -0.2) is 4.98 Å². The third kappa shape index (κ3) is 3.88. The van der Waals surface area contributed by atoms with E-state index in [1.165, 1.54) is 0 Å². The standard InChI is InChI=1S/C15H23N3OS/c1-4-16-14-8-11(7-13(18-14)10(2)3)15(19)17-12-5-6-20-9-12/h7-8,10,12H,4-6,9H2,1-3H3,(H,16,18)(H,17,19). The van der Waals surface area contributed by atoms with Crippen LogP contribution >= 0.6 is 11.8 Å². The minimum atomic E-state index is 0.0148. The molecule has 1 aliphatic heterocycles. The third-order valence-electron chi connectivity index (χ3n) is 3.32. The first-order chi connectivity index (χ1) is 9.60. The van der Waals surface area contributed by atoms with Crippen LogP contribution in [0.1, 0.15) is 49.2 Å². The molecule has 1 aliphatic rings. The molecule has 1 aromatic heterocycles. The van der Waals surface area contributed by atoms with Crippen LogP contribution < -0.4 is 10.6 Å². The molecular weight excluding hydrogens is 270 g/mol. The number of carbonyl (C=O) groups excluding carboxylic acids is 1. The van der Waals surface area contributed by atoms with Crippen LogP contribution in [0, 0.1) is 0 Å². The second-order valence-electron chi connectivity index (χ2n) is 5.38. The summed E-state index contributed by atoms with van der Waals surface area (Å²) in [4.78, 5) is 16.9. The second-order valence-corrected chi connectivity index (χ2v) is 6.53. The molecule has 20 heavy (non-hydrogen) atoms. The van der Waals surface area contributed by atoms with Gasteiger partial charge in [0, 0.05) is 29.6 Å². The van der Waals surface area contributed by atoms with E-state index in [0.29, 0.717) is 17.5 Å². The molecule has 0 aromatic carbocycles. The van der Waals surface area contributed by atoms with Gasteiger partial charge in [-0.3, -0.25) is 4.79 Å². The molecule has 1 fully saturated rings. The van der Waals surface area contributed by atoms with Gasteiger partial charge in [0.05, 0.1) is 0 Å². The number of nitrogens with zero attached hydrogens (tertiary/aromatic N) is 1. The molecule has 0 spiro atoms. The van der Waals surface area contributed by atoms with Crippen LogP contribution in [0.4, 0.5) is 5.82 Å². The maximum Gasteiger partial charge on any atom is 0.251 e. The largest absolute Gasteiger partial charge is 0.370 e. The SMILES string of the molecule is CCNc1cc(C(=O)NC2CCSC2)cc(C(C)C)n1. The van der Waals surface area contributed by atoms with Crippen LogP contribution in [0.15, 0.2) is 12.1 Å².